The smallest absolute Gasteiger partial charge is 0.188 e. The minimum absolute atomic E-state index is 0.192. The summed E-state index contributed by atoms with van der Waals surface area (Å²) in [5, 5.41) is 19.4. The molecule has 2 N–H and O–H groups in total. The van der Waals surface area contributed by atoms with Gasteiger partial charge in [-0.2, -0.15) is 4.52 Å². The first-order valence-electron chi connectivity index (χ1n) is 8.73. The van der Waals surface area contributed by atoms with E-state index < -0.39 is 0 Å². The molecule has 2 heterocycles. The van der Waals surface area contributed by atoms with Gasteiger partial charge in [0.05, 0.1) is 5.56 Å². The monoisotopic (exact) mass is 362 g/mol. The number of benzene rings is 2. The maximum Gasteiger partial charge on any atom is 0.188 e. The molecule has 0 fully saturated rings. The van der Waals surface area contributed by atoms with Crippen molar-refractivity contribution in [1.82, 2.24) is 19.8 Å². The van der Waals surface area contributed by atoms with Gasteiger partial charge in [0, 0.05) is 18.3 Å². The molecule has 0 amide bonds. The van der Waals surface area contributed by atoms with Crippen LogP contribution in [-0.4, -0.2) is 32.4 Å². The Balaban J connectivity index is 1.51. The quantitative estimate of drug-likeness (QED) is 0.545. The molecule has 7 heteroatoms. The van der Waals surface area contributed by atoms with Crippen LogP contribution in [0.3, 0.4) is 0 Å². The van der Waals surface area contributed by atoms with Gasteiger partial charge < -0.3 is 10.6 Å². The van der Waals surface area contributed by atoms with Crippen LogP contribution in [0.2, 0.25) is 0 Å². The van der Waals surface area contributed by atoms with E-state index in [9.17, 15) is 4.39 Å². The fraction of sp³-hybridized carbons (Fsp3) is 0.150. The molecule has 0 saturated heterocycles. The first kappa shape index (κ1) is 17.0. The van der Waals surface area contributed by atoms with E-state index in [0.29, 0.717) is 29.4 Å². The van der Waals surface area contributed by atoms with Crippen LogP contribution in [-0.2, 0) is 0 Å². The third-order valence-electron chi connectivity index (χ3n) is 4.15. The van der Waals surface area contributed by atoms with Crippen molar-refractivity contribution in [1.29, 1.82) is 0 Å². The number of aromatic nitrogens is 4. The summed E-state index contributed by atoms with van der Waals surface area (Å²) in [6.07, 6.45) is 0. The maximum absolute atomic E-state index is 14.1. The average Bonchev–Trinajstić information content (AvgIpc) is 3.11. The third-order valence-corrected chi connectivity index (χ3v) is 4.15. The highest BCUT2D eigenvalue weighted by molar-refractivity contribution is 5.60. The van der Waals surface area contributed by atoms with Gasteiger partial charge >= 0.3 is 0 Å². The first-order valence-corrected chi connectivity index (χ1v) is 8.73. The summed E-state index contributed by atoms with van der Waals surface area (Å²) in [6, 6.07) is 20.3. The number of hydrogen-bond donors (Lipinski definition) is 2. The number of nitrogens with one attached hydrogen (secondary N) is 2. The molecule has 4 rings (SSSR count). The van der Waals surface area contributed by atoms with Crippen molar-refractivity contribution in [2.24, 2.45) is 0 Å². The summed E-state index contributed by atoms with van der Waals surface area (Å²) in [6.45, 7) is 2.76. The van der Waals surface area contributed by atoms with Crippen LogP contribution in [0.5, 0.6) is 0 Å². The molecule has 2 aromatic heterocycles. The zero-order valence-electron chi connectivity index (χ0n) is 14.8. The average molecular weight is 362 g/mol. The van der Waals surface area contributed by atoms with Crippen LogP contribution in [0.4, 0.5) is 15.9 Å². The second-order valence-electron chi connectivity index (χ2n) is 6.28. The lowest BCUT2D eigenvalue weighted by Crippen LogP contribution is -2.25. The van der Waals surface area contributed by atoms with E-state index in [1.165, 1.54) is 6.07 Å². The highest BCUT2D eigenvalue weighted by atomic mass is 19.1. The van der Waals surface area contributed by atoms with Crippen LogP contribution < -0.4 is 10.6 Å². The lowest BCUT2D eigenvalue weighted by molar-refractivity contribution is 0.629. The van der Waals surface area contributed by atoms with E-state index in [-0.39, 0.29) is 11.9 Å². The molecular weight excluding hydrogens is 343 g/mol. The second kappa shape index (κ2) is 7.41. The fourth-order valence-electron chi connectivity index (χ4n) is 2.82. The van der Waals surface area contributed by atoms with Crippen LogP contribution in [0, 0.1) is 5.82 Å². The summed E-state index contributed by atoms with van der Waals surface area (Å²) in [7, 11) is 0. The van der Waals surface area contributed by atoms with Crippen molar-refractivity contribution in [3.8, 4) is 11.4 Å². The molecular formula is C20H19FN6. The molecule has 6 nitrogen and oxygen atoms in total. The van der Waals surface area contributed by atoms with Crippen LogP contribution >= 0.6 is 0 Å². The Hall–Kier alpha value is -3.48. The predicted molar refractivity (Wildman–Crippen MR) is 104 cm³/mol. The molecule has 0 spiro atoms. The molecule has 4 aromatic rings. The SMILES string of the molecule is CC(CNc1ccc2nnc(-c3ccccc3F)n2n1)Nc1ccccc1. The number of anilines is 2. The van der Waals surface area contributed by atoms with E-state index >= 15 is 0 Å². The van der Waals surface area contributed by atoms with Crippen molar-refractivity contribution < 1.29 is 4.39 Å². The van der Waals surface area contributed by atoms with Gasteiger partial charge in [0.2, 0.25) is 0 Å². The van der Waals surface area contributed by atoms with E-state index in [4.69, 9.17) is 0 Å². The Morgan fingerprint density at radius 1 is 0.963 bits per heavy atom. The van der Waals surface area contributed by atoms with E-state index in [1.54, 1.807) is 22.7 Å². The van der Waals surface area contributed by atoms with Gasteiger partial charge in [-0.3, -0.25) is 0 Å². The molecule has 0 aliphatic carbocycles. The molecule has 0 aliphatic rings. The molecule has 136 valence electrons. The van der Waals surface area contributed by atoms with E-state index in [1.807, 2.05) is 42.5 Å². The predicted octanol–water partition coefficient (Wildman–Crippen LogP) is 3.84. The van der Waals surface area contributed by atoms with E-state index in [2.05, 4.69) is 32.9 Å². The van der Waals surface area contributed by atoms with Crippen molar-refractivity contribution >= 4 is 17.2 Å². The van der Waals surface area contributed by atoms with Crippen molar-refractivity contribution in [3.63, 3.8) is 0 Å². The van der Waals surface area contributed by atoms with Gasteiger partial charge in [0.25, 0.3) is 0 Å². The van der Waals surface area contributed by atoms with Gasteiger partial charge in [0.1, 0.15) is 11.6 Å². The van der Waals surface area contributed by atoms with Crippen LogP contribution in [0.1, 0.15) is 6.92 Å². The Kier molecular flexibility index (Phi) is 4.65. The molecule has 1 unspecified atom stereocenters. The van der Waals surface area contributed by atoms with Gasteiger partial charge in [-0.05, 0) is 43.3 Å². The summed E-state index contributed by atoms with van der Waals surface area (Å²) in [5.74, 6) is 0.691. The van der Waals surface area contributed by atoms with Crippen molar-refractivity contribution in [2.75, 3.05) is 17.2 Å². The molecule has 0 aliphatic heterocycles. The standard InChI is InChI=1S/C20H19FN6/c1-14(23-15-7-3-2-4-8-15)13-22-18-11-12-19-24-25-20(27(19)26-18)16-9-5-6-10-17(16)21/h2-12,14,23H,13H2,1H3,(H,22,26). The lowest BCUT2D eigenvalue weighted by Gasteiger charge is -2.16. The zero-order valence-corrected chi connectivity index (χ0v) is 14.8. The Labute approximate surface area is 156 Å². The molecule has 27 heavy (non-hydrogen) atoms. The largest absolute Gasteiger partial charge is 0.381 e. The minimum atomic E-state index is -0.354. The summed E-state index contributed by atoms with van der Waals surface area (Å²) in [5.41, 5.74) is 2.00. The van der Waals surface area contributed by atoms with Gasteiger partial charge in [0.15, 0.2) is 11.5 Å². The number of rotatable bonds is 6. The molecule has 0 saturated carbocycles. The fourth-order valence-corrected chi connectivity index (χ4v) is 2.82. The number of para-hydroxylation sites is 1. The lowest BCUT2D eigenvalue weighted by atomic mass is 10.2. The first-order chi connectivity index (χ1) is 13.2. The van der Waals surface area contributed by atoms with E-state index in [0.717, 1.165) is 5.69 Å². The number of nitrogens with zero attached hydrogens (tertiary/aromatic N) is 4. The number of hydrogen-bond acceptors (Lipinski definition) is 5. The van der Waals surface area contributed by atoms with Gasteiger partial charge in [-0.1, -0.05) is 30.3 Å². The topological polar surface area (TPSA) is 67.1 Å². The van der Waals surface area contributed by atoms with Gasteiger partial charge in [-0.15, -0.1) is 15.3 Å². The minimum Gasteiger partial charge on any atom is -0.381 e. The van der Waals surface area contributed by atoms with Crippen LogP contribution in [0.25, 0.3) is 17.0 Å². The molecule has 2 aromatic carbocycles. The van der Waals surface area contributed by atoms with Crippen LogP contribution in [0.15, 0.2) is 66.7 Å². The number of halogens is 1. The third kappa shape index (κ3) is 3.72. The summed E-state index contributed by atoms with van der Waals surface area (Å²) >= 11 is 0. The maximum atomic E-state index is 14.1. The zero-order chi connectivity index (χ0) is 18.6. The molecule has 0 radical (unpaired) electrons. The highest BCUT2D eigenvalue weighted by Gasteiger charge is 2.13. The summed E-state index contributed by atoms with van der Waals surface area (Å²) < 4.78 is 15.7. The molecule has 0 bridgehead atoms. The Morgan fingerprint density at radius 2 is 1.74 bits per heavy atom. The highest BCUT2D eigenvalue weighted by Crippen LogP contribution is 2.21. The number of fused-ring (bicyclic) bond motifs is 1. The van der Waals surface area contributed by atoms with Crippen molar-refractivity contribution in [2.45, 2.75) is 13.0 Å². The Morgan fingerprint density at radius 3 is 2.56 bits per heavy atom. The summed E-state index contributed by atoms with van der Waals surface area (Å²) in [4.78, 5) is 0. The molecule has 1 atom stereocenters. The van der Waals surface area contributed by atoms with Crippen molar-refractivity contribution in [3.05, 3.63) is 72.5 Å². The normalized spacial score (nSPS) is 12.1. The van der Waals surface area contributed by atoms with Gasteiger partial charge in [-0.25, -0.2) is 4.39 Å². The second-order valence-corrected chi connectivity index (χ2v) is 6.28. The Bertz CT molecular complexity index is 1050.